The Bertz CT molecular complexity index is 2030. The van der Waals surface area contributed by atoms with Gasteiger partial charge in [0.1, 0.15) is 5.69 Å². The van der Waals surface area contributed by atoms with Gasteiger partial charge in [0.05, 0.1) is 47.4 Å². The lowest BCUT2D eigenvalue weighted by Crippen LogP contribution is -2.66. The van der Waals surface area contributed by atoms with Gasteiger partial charge >= 0.3 is 0 Å². The Balaban J connectivity index is 1.05. The molecule has 1 spiro atoms. The van der Waals surface area contributed by atoms with Gasteiger partial charge in [-0.3, -0.25) is 19.6 Å². The number of carbonyl (C=O) groups excluding carboxylic acids is 1. The van der Waals surface area contributed by atoms with Crippen molar-refractivity contribution in [2.24, 2.45) is 0 Å². The molecule has 2 aromatic heterocycles. The maximum Gasteiger partial charge on any atom is 0.237 e. The number of allylic oxidation sites excluding steroid dienone is 1. The summed E-state index contributed by atoms with van der Waals surface area (Å²) in [5.74, 6) is 1.22. The zero-order valence-electron chi connectivity index (χ0n) is 28.9. The zero-order chi connectivity index (χ0) is 35.3. The smallest absolute Gasteiger partial charge is 0.237 e. The molecule has 264 valence electrons. The van der Waals surface area contributed by atoms with Crippen molar-refractivity contribution in [1.82, 2.24) is 35.4 Å². The van der Waals surface area contributed by atoms with E-state index in [9.17, 15) is 4.79 Å². The topological polar surface area (TPSA) is 105 Å². The molecule has 51 heavy (non-hydrogen) atoms. The number of rotatable bonds is 9. The Morgan fingerprint density at radius 2 is 1.61 bits per heavy atom. The molecule has 0 saturated carbocycles. The van der Waals surface area contributed by atoms with E-state index in [0.717, 1.165) is 103 Å². The van der Waals surface area contributed by atoms with Crippen LogP contribution in [0.5, 0.6) is 11.8 Å². The molecule has 0 unspecified atom stereocenters. The molecule has 6 heterocycles. The summed E-state index contributed by atoms with van der Waals surface area (Å²) in [6.45, 7) is 9.02. The molecule has 0 aliphatic carbocycles. The molecular formula is C39H41Cl2N7O3. The highest BCUT2D eigenvalue weighted by atomic mass is 35.5. The summed E-state index contributed by atoms with van der Waals surface area (Å²) >= 11 is 14.4. The number of hydrogen-bond acceptors (Lipinski definition) is 9. The monoisotopic (exact) mass is 725 g/mol. The number of carbonyl (C=O) groups is 1. The molecule has 1 atom stereocenters. The van der Waals surface area contributed by atoms with Gasteiger partial charge < -0.3 is 20.1 Å². The lowest BCUT2D eigenvalue weighted by Gasteiger charge is -2.47. The van der Waals surface area contributed by atoms with Crippen LogP contribution >= 0.6 is 23.2 Å². The fourth-order valence-corrected chi connectivity index (χ4v) is 8.76. The molecule has 12 heteroatoms. The summed E-state index contributed by atoms with van der Waals surface area (Å²) in [6, 6.07) is 14.4. The Morgan fingerprint density at radius 3 is 2.25 bits per heavy atom. The van der Waals surface area contributed by atoms with Gasteiger partial charge in [-0.1, -0.05) is 66.2 Å². The minimum absolute atomic E-state index is 0.101. The normalized spacial score (nSPS) is 19.8. The van der Waals surface area contributed by atoms with Crippen molar-refractivity contribution in [3.05, 3.63) is 87.8 Å². The van der Waals surface area contributed by atoms with Crippen molar-refractivity contribution < 1.29 is 14.3 Å². The van der Waals surface area contributed by atoms with E-state index >= 15 is 0 Å². The van der Waals surface area contributed by atoms with Gasteiger partial charge in [0.2, 0.25) is 17.7 Å². The summed E-state index contributed by atoms with van der Waals surface area (Å²) in [6.07, 6.45) is 6.23. The quantitative estimate of drug-likeness (QED) is 0.206. The third kappa shape index (κ3) is 6.55. The van der Waals surface area contributed by atoms with Crippen molar-refractivity contribution in [3.8, 4) is 45.4 Å². The molecule has 4 aliphatic heterocycles. The summed E-state index contributed by atoms with van der Waals surface area (Å²) in [4.78, 5) is 31.0. The minimum Gasteiger partial charge on any atom is -0.481 e. The Labute approximate surface area is 308 Å². The molecule has 3 fully saturated rings. The van der Waals surface area contributed by atoms with Crippen molar-refractivity contribution in [2.75, 3.05) is 40.4 Å². The standard InChI is InChI=1S/C39H41Cl2N7O3/c1-23-10-11-25(43-23)19-47-15-13-26-24(18-47)16-31(44-37(26)50-2)29-8-4-6-27(35(29)40)28-7-5-9-30(36(28)41)32-17-42-33(38(45-32)51-3)20-48-21-39(22-48)14-12-34(49)46-39/h4-9,16-17,25,43H,1,10-15,18-22H2,2-3H3,(H,46,49)/t25-/m0/s1. The lowest BCUT2D eigenvalue weighted by molar-refractivity contribution is -0.120. The predicted molar refractivity (Wildman–Crippen MR) is 199 cm³/mol. The van der Waals surface area contributed by atoms with E-state index in [1.807, 2.05) is 36.4 Å². The molecule has 2 N–H and O–H groups in total. The van der Waals surface area contributed by atoms with Gasteiger partial charge in [0, 0.05) is 85.2 Å². The Hall–Kier alpha value is -4.22. The predicted octanol–water partition coefficient (Wildman–Crippen LogP) is 6.28. The number of aromatic nitrogens is 3. The SMILES string of the molecule is C=C1CC[C@@H](CN2CCc3c(cc(-c4cccc(-c5cccc(-c6cnc(CN7CC8(CCC(=O)N8)C7)c(OC)n6)c5Cl)c4Cl)nc3OC)C2)N1. The first kappa shape index (κ1) is 33.9. The molecule has 4 aliphatic rings. The number of amides is 1. The van der Waals surface area contributed by atoms with Crippen LogP contribution in [0.25, 0.3) is 33.6 Å². The van der Waals surface area contributed by atoms with Crippen molar-refractivity contribution in [3.63, 3.8) is 0 Å². The van der Waals surface area contributed by atoms with Gasteiger partial charge in [0.15, 0.2) is 0 Å². The van der Waals surface area contributed by atoms with E-state index in [0.29, 0.717) is 46.5 Å². The molecule has 3 saturated heterocycles. The average Bonchev–Trinajstić information content (AvgIpc) is 3.72. The first-order chi connectivity index (χ1) is 24.7. The van der Waals surface area contributed by atoms with Crippen LogP contribution in [-0.2, 0) is 24.3 Å². The number of likely N-dealkylation sites (tertiary alicyclic amines) is 1. The first-order valence-corrected chi connectivity index (χ1v) is 18.2. The van der Waals surface area contributed by atoms with Crippen molar-refractivity contribution in [2.45, 2.75) is 56.8 Å². The third-order valence-corrected chi connectivity index (χ3v) is 11.4. The number of benzene rings is 2. The van der Waals surface area contributed by atoms with Crippen LogP contribution in [0.1, 0.15) is 42.5 Å². The molecular weight excluding hydrogens is 685 g/mol. The van der Waals surface area contributed by atoms with E-state index in [1.165, 1.54) is 5.56 Å². The maximum atomic E-state index is 11.8. The van der Waals surface area contributed by atoms with Crippen molar-refractivity contribution >= 4 is 29.1 Å². The summed E-state index contributed by atoms with van der Waals surface area (Å²) in [5, 5.41) is 7.72. The molecule has 0 bridgehead atoms. The zero-order valence-corrected chi connectivity index (χ0v) is 30.4. The fraction of sp³-hybridized carbons (Fsp3) is 0.385. The summed E-state index contributed by atoms with van der Waals surface area (Å²) < 4.78 is 11.5. The van der Waals surface area contributed by atoms with Gasteiger partial charge in [-0.15, -0.1) is 0 Å². The van der Waals surface area contributed by atoms with E-state index in [2.05, 4.69) is 33.1 Å². The number of nitrogens with zero attached hydrogens (tertiary/aromatic N) is 5. The molecule has 0 radical (unpaired) electrons. The number of nitrogens with one attached hydrogen (secondary N) is 2. The molecule has 8 rings (SSSR count). The van der Waals surface area contributed by atoms with E-state index in [-0.39, 0.29) is 11.4 Å². The largest absolute Gasteiger partial charge is 0.481 e. The van der Waals surface area contributed by atoms with Gasteiger partial charge in [0.25, 0.3) is 0 Å². The van der Waals surface area contributed by atoms with E-state index < -0.39 is 0 Å². The van der Waals surface area contributed by atoms with Crippen LogP contribution in [0.3, 0.4) is 0 Å². The van der Waals surface area contributed by atoms with Crippen LogP contribution in [0.2, 0.25) is 10.0 Å². The van der Waals surface area contributed by atoms with Gasteiger partial charge in [-0.05, 0) is 37.3 Å². The van der Waals surface area contributed by atoms with Crippen LogP contribution in [0.15, 0.2) is 60.9 Å². The van der Waals surface area contributed by atoms with Gasteiger partial charge in [-0.25, -0.2) is 9.97 Å². The number of ether oxygens (including phenoxy) is 2. The van der Waals surface area contributed by atoms with Gasteiger partial charge in [-0.2, -0.15) is 0 Å². The minimum atomic E-state index is -0.101. The second kappa shape index (κ2) is 13.7. The summed E-state index contributed by atoms with van der Waals surface area (Å²) in [5.41, 5.74) is 8.57. The average molecular weight is 727 g/mol. The van der Waals surface area contributed by atoms with Crippen LogP contribution < -0.4 is 20.1 Å². The van der Waals surface area contributed by atoms with Crippen LogP contribution in [0, 0.1) is 0 Å². The fourth-order valence-electron chi connectivity index (χ4n) is 8.11. The molecule has 10 nitrogen and oxygen atoms in total. The lowest BCUT2D eigenvalue weighted by atomic mass is 9.88. The summed E-state index contributed by atoms with van der Waals surface area (Å²) in [7, 11) is 3.28. The highest BCUT2D eigenvalue weighted by molar-refractivity contribution is 6.39. The maximum absolute atomic E-state index is 11.8. The van der Waals surface area contributed by atoms with Crippen molar-refractivity contribution in [1.29, 1.82) is 0 Å². The first-order valence-electron chi connectivity index (χ1n) is 17.5. The van der Waals surface area contributed by atoms with E-state index in [1.54, 1.807) is 20.4 Å². The second-order valence-electron chi connectivity index (χ2n) is 14.1. The van der Waals surface area contributed by atoms with E-state index in [4.69, 9.17) is 47.6 Å². The molecule has 2 aromatic carbocycles. The number of halogens is 2. The van der Waals surface area contributed by atoms with Crippen LogP contribution in [-0.4, -0.2) is 82.6 Å². The second-order valence-corrected chi connectivity index (χ2v) is 14.9. The number of fused-ring (bicyclic) bond motifs is 1. The highest BCUT2D eigenvalue weighted by Crippen LogP contribution is 2.43. The number of methoxy groups -OCH3 is 2. The molecule has 4 aromatic rings. The highest BCUT2D eigenvalue weighted by Gasteiger charge is 2.47. The number of pyridine rings is 1. The van der Waals surface area contributed by atoms with Crippen LogP contribution in [0.4, 0.5) is 0 Å². The molecule has 1 amide bonds. The number of hydrogen-bond donors (Lipinski definition) is 2. The Kier molecular flexibility index (Phi) is 9.12. The third-order valence-electron chi connectivity index (χ3n) is 10.6. The Morgan fingerprint density at radius 1 is 0.922 bits per heavy atom.